The SMILES string of the molecule is CCOP(=O)(OCC)S[P+]1(OCC)Oc2ccccc2O1.CCOP([O-])(=S)OCC. The highest BCUT2D eigenvalue weighted by Gasteiger charge is 2.63. The Morgan fingerprint density at radius 1 is 0.900 bits per heavy atom. The van der Waals surface area contributed by atoms with Gasteiger partial charge in [-0.2, -0.15) is 4.52 Å². The van der Waals surface area contributed by atoms with Gasteiger partial charge in [0.1, 0.15) is 6.72 Å². The van der Waals surface area contributed by atoms with Crippen molar-refractivity contribution < 1.29 is 41.1 Å². The molecular formula is C16H29O9P3S2. The Morgan fingerprint density at radius 3 is 1.70 bits per heavy atom. The first-order valence-electron chi connectivity index (χ1n) is 9.41. The summed E-state index contributed by atoms with van der Waals surface area (Å²) in [6, 6.07) is 7.23. The standard InChI is InChI=1S/C12H19O6P2S.C4H11O3PS/c1-4-14-19(13,15-5-2)21-20(16-6-3)17-11-9-7-8-10-12(11)18-20;1-3-6-8(5,9)7-4-2/h7-10H,4-6H2,1-3H3;3-4H2,1-2H3,(H,5,9)/q+1;/p-1. The molecular weight excluding hydrogens is 493 g/mol. The lowest BCUT2D eigenvalue weighted by Crippen LogP contribution is -2.07. The highest BCUT2D eigenvalue weighted by atomic mass is 33.1. The minimum Gasteiger partial charge on any atom is -0.780 e. The molecule has 2 rings (SSSR count). The summed E-state index contributed by atoms with van der Waals surface area (Å²) >= 11 is 5.34. The van der Waals surface area contributed by atoms with Crippen LogP contribution in [0.3, 0.4) is 0 Å². The summed E-state index contributed by atoms with van der Waals surface area (Å²) in [6.45, 7) is 3.83. The van der Waals surface area contributed by atoms with Crippen LogP contribution in [0.15, 0.2) is 24.3 Å². The zero-order valence-electron chi connectivity index (χ0n) is 17.7. The lowest BCUT2D eigenvalue weighted by atomic mass is 10.3. The number of rotatable bonds is 12. The second-order valence-corrected chi connectivity index (χ2v) is 15.6. The Balaban J connectivity index is 0.000000424. The maximum absolute atomic E-state index is 12.7. The molecule has 0 N–H and O–H groups in total. The Kier molecular flexibility index (Phi) is 12.9. The van der Waals surface area contributed by atoms with Crippen molar-refractivity contribution in [1.29, 1.82) is 0 Å². The smallest absolute Gasteiger partial charge is 0.581 e. The first-order chi connectivity index (χ1) is 14.2. The third-order valence-corrected chi connectivity index (χ3v) is 13.8. The number of benzene rings is 1. The predicted molar refractivity (Wildman–Crippen MR) is 122 cm³/mol. The number of para-hydroxylation sites is 2. The molecule has 14 heteroatoms. The van der Waals surface area contributed by atoms with Crippen LogP contribution >= 0.6 is 31.7 Å². The van der Waals surface area contributed by atoms with E-state index in [9.17, 15) is 9.46 Å². The average molecular weight is 522 g/mol. The van der Waals surface area contributed by atoms with E-state index in [1.165, 1.54) is 0 Å². The minimum atomic E-state index is -3.40. The van der Waals surface area contributed by atoms with E-state index < -0.39 is 20.7 Å². The first kappa shape index (κ1) is 28.3. The molecule has 0 radical (unpaired) electrons. The van der Waals surface area contributed by atoms with Crippen LogP contribution in [0.1, 0.15) is 34.6 Å². The predicted octanol–water partition coefficient (Wildman–Crippen LogP) is 5.73. The van der Waals surface area contributed by atoms with Crippen LogP contribution in [0.4, 0.5) is 0 Å². The third kappa shape index (κ3) is 9.39. The Labute approximate surface area is 187 Å². The second-order valence-electron chi connectivity index (χ2n) is 5.14. The van der Waals surface area contributed by atoms with E-state index in [-0.39, 0.29) is 13.2 Å². The third-order valence-electron chi connectivity index (χ3n) is 2.91. The lowest BCUT2D eigenvalue weighted by Gasteiger charge is -2.25. The molecule has 0 aliphatic carbocycles. The molecule has 1 aromatic carbocycles. The summed E-state index contributed by atoms with van der Waals surface area (Å²) < 4.78 is 49.8. The van der Waals surface area contributed by atoms with E-state index in [1.807, 2.05) is 19.1 Å². The molecule has 0 saturated heterocycles. The van der Waals surface area contributed by atoms with Crippen LogP contribution in [-0.2, 0) is 39.0 Å². The van der Waals surface area contributed by atoms with Crippen molar-refractivity contribution >= 4 is 43.5 Å². The molecule has 0 saturated carbocycles. The summed E-state index contributed by atoms with van der Waals surface area (Å²) in [5.74, 6) is 1.15. The molecule has 1 aliphatic rings. The van der Waals surface area contributed by atoms with E-state index in [0.717, 1.165) is 11.0 Å². The van der Waals surface area contributed by atoms with E-state index in [0.29, 0.717) is 31.3 Å². The van der Waals surface area contributed by atoms with Gasteiger partial charge in [-0.1, -0.05) is 23.9 Å². The topological polar surface area (TPSA) is 105 Å². The lowest BCUT2D eigenvalue weighted by molar-refractivity contribution is -0.205. The molecule has 0 fully saturated rings. The average Bonchev–Trinajstić information content (AvgIpc) is 2.99. The molecule has 0 unspecified atom stereocenters. The zero-order valence-corrected chi connectivity index (χ0v) is 22.0. The summed E-state index contributed by atoms with van der Waals surface area (Å²) in [6.07, 6.45) is 0. The molecule has 0 atom stereocenters. The molecule has 0 aromatic heterocycles. The van der Waals surface area contributed by atoms with Gasteiger partial charge in [0.05, 0.1) is 33.0 Å². The Hall–Kier alpha value is 0.240. The van der Waals surface area contributed by atoms with Crippen molar-refractivity contribution in [1.82, 2.24) is 0 Å². The molecule has 1 aliphatic heterocycles. The van der Waals surface area contributed by atoms with Crippen LogP contribution in [0, 0.1) is 0 Å². The fraction of sp³-hybridized carbons (Fsp3) is 0.625. The van der Waals surface area contributed by atoms with Gasteiger partial charge in [0.25, 0.3) is 11.0 Å². The molecule has 30 heavy (non-hydrogen) atoms. The number of hydrogen-bond donors (Lipinski definition) is 0. The highest BCUT2D eigenvalue weighted by Crippen LogP contribution is 2.87. The quantitative estimate of drug-likeness (QED) is 0.314. The van der Waals surface area contributed by atoms with Gasteiger partial charge in [0, 0.05) is 0 Å². The van der Waals surface area contributed by atoms with Gasteiger partial charge in [-0.15, -0.1) is 0 Å². The van der Waals surface area contributed by atoms with Crippen LogP contribution in [0.25, 0.3) is 0 Å². The van der Waals surface area contributed by atoms with Crippen molar-refractivity contribution in [3.63, 3.8) is 0 Å². The van der Waals surface area contributed by atoms with Gasteiger partial charge >= 0.3 is 13.9 Å². The molecule has 174 valence electrons. The summed E-state index contributed by atoms with van der Waals surface area (Å²) in [4.78, 5) is 10.8. The molecule has 1 heterocycles. The monoisotopic (exact) mass is 522 g/mol. The fourth-order valence-corrected chi connectivity index (χ4v) is 12.6. The molecule has 0 bridgehead atoms. The zero-order chi connectivity index (χ0) is 22.7. The van der Waals surface area contributed by atoms with E-state index >= 15 is 0 Å². The largest absolute Gasteiger partial charge is 0.780 e. The second kappa shape index (κ2) is 13.7. The molecule has 0 spiro atoms. The summed E-state index contributed by atoms with van der Waals surface area (Å²) in [7, 11) is -2.91. The van der Waals surface area contributed by atoms with E-state index in [4.69, 9.17) is 22.6 Å². The van der Waals surface area contributed by atoms with E-state index in [1.54, 1.807) is 39.8 Å². The molecule has 0 amide bonds. The van der Waals surface area contributed by atoms with Crippen molar-refractivity contribution in [2.45, 2.75) is 34.6 Å². The summed E-state index contributed by atoms with van der Waals surface area (Å²) in [5.41, 5.74) is 0. The molecule has 9 nitrogen and oxygen atoms in total. The van der Waals surface area contributed by atoms with Gasteiger partial charge in [-0.3, -0.25) is 18.1 Å². The summed E-state index contributed by atoms with van der Waals surface area (Å²) in [5, 5.41) is 0. The Morgan fingerprint density at radius 2 is 1.33 bits per heavy atom. The minimum absolute atomic E-state index is 0.267. The van der Waals surface area contributed by atoms with Crippen LogP contribution < -0.4 is 13.9 Å². The maximum Gasteiger partial charge on any atom is 0.581 e. The number of hydrogen-bond acceptors (Lipinski definition) is 11. The van der Waals surface area contributed by atoms with Crippen LogP contribution in [-0.4, -0.2) is 33.0 Å². The van der Waals surface area contributed by atoms with Crippen LogP contribution in [0.2, 0.25) is 0 Å². The number of fused-ring (bicyclic) bond motifs is 1. The van der Waals surface area contributed by atoms with Gasteiger partial charge in [0.15, 0.2) is 0 Å². The van der Waals surface area contributed by atoms with Crippen LogP contribution in [0.5, 0.6) is 11.5 Å². The Bertz CT molecular complexity index is 693. The molecule has 1 aromatic rings. The fourth-order valence-electron chi connectivity index (χ4n) is 2.00. The van der Waals surface area contributed by atoms with Gasteiger partial charge in [-0.05, 0) is 46.8 Å². The van der Waals surface area contributed by atoms with Crippen molar-refractivity contribution in [2.75, 3.05) is 33.0 Å². The van der Waals surface area contributed by atoms with Gasteiger partial charge in [-0.25, -0.2) is 4.57 Å². The van der Waals surface area contributed by atoms with Crippen molar-refractivity contribution in [3.8, 4) is 11.5 Å². The normalized spacial score (nSPS) is 14.9. The van der Waals surface area contributed by atoms with E-state index in [2.05, 4.69) is 20.9 Å². The first-order valence-corrected chi connectivity index (χ1v) is 17.1. The van der Waals surface area contributed by atoms with Crippen molar-refractivity contribution in [2.24, 2.45) is 0 Å². The van der Waals surface area contributed by atoms with Gasteiger partial charge in [0.2, 0.25) is 11.5 Å². The van der Waals surface area contributed by atoms with Gasteiger partial charge < -0.3 is 13.9 Å². The maximum atomic E-state index is 12.7. The van der Waals surface area contributed by atoms with Crippen molar-refractivity contribution in [3.05, 3.63) is 24.3 Å². The highest BCUT2D eigenvalue weighted by molar-refractivity contribution is 8.86.